The van der Waals surface area contributed by atoms with Crippen molar-refractivity contribution in [3.63, 3.8) is 0 Å². The van der Waals surface area contributed by atoms with Crippen LogP contribution in [0.5, 0.6) is 5.75 Å². The smallest absolute Gasteiger partial charge is 0.260 e. The molecule has 1 aliphatic heterocycles. The standard InChI is InChI=1S/C23H26N4O2S/c1-16-13-17(2)23(18(3)14-16)29-15-22(28)27-10-8-26(9-11-27)21-7-6-19(24-25-21)20-5-4-12-30-20/h4-7,12-14H,8-11,15H2,1-3H3. The van der Waals surface area contributed by atoms with Crippen LogP contribution in [0, 0.1) is 20.8 Å². The lowest BCUT2D eigenvalue weighted by atomic mass is 10.1. The Bertz CT molecular complexity index is 987. The fourth-order valence-electron chi connectivity index (χ4n) is 3.85. The van der Waals surface area contributed by atoms with Gasteiger partial charge in [0.2, 0.25) is 0 Å². The number of amides is 1. The minimum Gasteiger partial charge on any atom is -0.483 e. The third-order valence-corrected chi connectivity index (χ3v) is 6.22. The van der Waals surface area contributed by atoms with Gasteiger partial charge in [-0.25, -0.2) is 0 Å². The van der Waals surface area contributed by atoms with Gasteiger partial charge in [0.25, 0.3) is 5.91 Å². The van der Waals surface area contributed by atoms with E-state index in [0.717, 1.165) is 46.4 Å². The molecule has 2 aromatic heterocycles. The number of carbonyl (C=O) groups is 1. The van der Waals surface area contributed by atoms with E-state index in [2.05, 4.69) is 34.2 Å². The van der Waals surface area contributed by atoms with E-state index in [1.165, 1.54) is 5.56 Å². The van der Waals surface area contributed by atoms with Gasteiger partial charge in [0.05, 0.1) is 4.88 Å². The quantitative estimate of drug-likeness (QED) is 0.625. The highest BCUT2D eigenvalue weighted by Crippen LogP contribution is 2.25. The van der Waals surface area contributed by atoms with Gasteiger partial charge in [0, 0.05) is 26.2 Å². The molecule has 0 aliphatic carbocycles. The second-order valence-corrected chi connectivity index (χ2v) is 8.59. The Morgan fingerprint density at radius 3 is 2.37 bits per heavy atom. The summed E-state index contributed by atoms with van der Waals surface area (Å²) >= 11 is 1.65. The predicted octanol–water partition coefficient (Wildman–Crippen LogP) is 3.86. The normalized spacial score (nSPS) is 14.1. The Morgan fingerprint density at radius 2 is 1.77 bits per heavy atom. The number of hydrogen-bond donors (Lipinski definition) is 0. The minimum atomic E-state index is 0.0214. The molecule has 1 aliphatic rings. The van der Waals surface area contributed by atoms with Crippen molar-refractivity contribution >= 4 is 23.1 Å². The molecule has 1 fully saturated rings. The topological polar surface area (TPSA) is 58.6 Å². The van der Waals surface area contributed by atoms with Crippen LogP contribution in [-0.2, 0) is 4.79 Å². The third-order valence-electron chi connectivity index (χ3n) is 5.33. The summed E-state index contributed by atoms with van der Waals surface area (Å²) in [7, 11) is 0. The molecule has 3 heterocycles. The molecule has 1 saturated heterocycles. The van der Waals surface area contributed by atoms with E-state index in [0.29, 0.717) is 13.1 Å². The van der Waals surface area contributed by atoms with E-state index in [9.17, 15) is 4.79 Å². The van der Waals surface area contributed by atoms with Crippen molar-refractivity contribution in [3.05, 3.63) is 58.5 Å². The molecular weight excluding hydrogens is 396 g/mol. The van der Waals surface area contributed by atoms with Crippen molar-refractivity contribution in [1.29, 1.82) is 0 Å². The van der Waals surface area contributed by atoms with E-state index in [4.69, 9.17) is 4.74 Å². The fraction of sp³-hybridized carbons (Fsp3) is 0.348. The van der Waals surface area contributed by atoms with Crippen molar-refractivity contribution in [1.82, 2.24) is 15.1 Å². The predicted molar refractivity (Wildman–Crippen MR) is 120 cm³/mol. The molecule has 30 heavy (non-hydrogen) atoms. The summed E-state index contributed by atoms with van der Waals surface area (Å²) in [5.74, 6) is 1.69. The zero-order valence-electron chi connectivity index (χ0n) is 17.6. The highest BCUT2D eigenvalue weighted by atomic mass is 32.1. The van der Waals surface area contributed by atoms with Gasteiger partial charge in [-0.05, 0) is 55.5 Å². The van der Waals surface area contributed by atoms with Crippen molar-refractivity contribution in [3.8, 4) is 16.3 Å². The van der Waals surface area contributed by atoms with Gasteiger partial charge in [0.1, 0.15) is 11.4 Å². The summed E-state index contributed by atoms with van der Waals surface area (Å²) in [6.07, 6.45) is 0. The molecular formula is C23H26N4O2S. The molecule has 3 aromatic rings. The van der Waals surface area contributed by atoms with Gasteiger partial charge in [-0.1, -0.05) is 23.8 Å². The average Bonchev–Trinajstić information content (AvgIpc) is 3.28. The fourth-order valence-corrected chi connectivity index (χ4v) is 4.54. The van der Waals surface area contributed by atoms with Gasteiger partial charge in [-0.2, -0.15) is 0 Å². The minimum absolute atomic E-state index is 0.0214. The number of piperazine rings is 1. The molecule has 0 radical (unpaired) electrons. The van der Waals surface area contributed by atoms with Crippen LogP contribution < -0.4 is 9.64 Å². The maximum Gasteiger partial charge on any atom is 0.260 e. The summed E-state index contributed by atoms with van der Waals surface area (Å²) < 4.78 is 5.87. The lowest BCUT2D eigenvalue weighted by Gasteiger charge is -2.35. The lowest BCUT2D eigenvalue weighted by Crippen LogP contribution is -2.50. The molecule has 0 bridgehead atoms. The largest absolute Gasteiger partial charge is 0.483 e. The van der Waals surface area contributed by atoms with Crippen LogP contribution in [-0.4, -0.2) is 53.8 Å². The molecule has 6 nitrogen and oxygen atoms in total. The van der Waals surface area contributed by atoms with Crippen LogP contribution in [0.2, 0.25) is 0 Å². The SMILES string of the molecule is Cc1cc(C)c(OCC(=O)N2CCN(c3ccc(-c4cccs4)nn3)CC2)c(C)c1. The summed E-state index contributed by atoms with van der Waals surface area (Å²) in [4.78, 5) is 17.8. The Kier molecular flexibility index (Phi) is 5.99. The molecule has 1 aromatic carbocycles. The average molecular weight is 423 g/mol. The molecule has 0 unspecified atom stereocenters. The zero-order valence-corrected chi connectivity index (χ0v) is 18.4. The zero-order chi connectivity index (χ0) is 21.1. The van der Waals surface area contributed by atoms with Crippen molar-refractivity contribution in [2.75, 3.05) is 37.7 Å². The number of benzene rings is 1. The lowest BCUT2D eigenvalue weighted by molar-refractivity contribution is -0.133. The Morgan fingerprint density at radius 1 is 1.03 bits per heavy atom. The van der Waals surface area contributed by atoms with Crippen molar-refractivity contribution < 1.29 is 9.53 Å². The molecule has 1 amide bonds. The molecule has 0 atom stereocenters. The summed E-state index contributed by atoms with van der Waals surface area (Å²) in [6, 6.07) is 12.2. The second-order valence-electron chi connectivity index (χ2n) is 7.64. The molecule has 0 spiro atoms. The highest BCUT2D eigenvalue weighted by molar-refractivity contribution is 7.13. The van der Waals surface area contributed by atoms with Crippen LogP contribution in [0.4, 0.5) is 5.82 Å². The third kappa shape index (κ3) is 4.46. The summed E-state index contributed by atoms with van der Waals surface area (Å²) in [5.41, 5.74) is 4.22. The van der Waals surface area contributed by atoms with Crippen LogP contribution >= 0.6 is 11.3 Å². The highest BCUT2D eigenvalue weighted by Gasteiger charge is 2.23. The summed E-state index contributed by atoms with van der Waals surface area (Å²) in [6.45, 7) is 8.95. The molecule has 7 heteroatoms. The van der Waals surface area contributed by atoms with Crippen LogP contribution in [0.1, 0.15) is 16.7 Å². The van der Waals surface area contributed by atoms with Crippen molar-refractivity contribution in [2.45, 2.75) is 20.8 Å². The number of aromatic nitrogens is 2. The first-order valence-corrected chi connectivity index (χ1v) is 11.0. The molecule has 156 valence electrons. The van der Waals surface area contributed by atoms with Crippen LogP contribution in [0.15, 0.2) is 41.8 Å². The number of hydrogen-bond acceptors (Lipinski definition) is 6. The number of thiophene rings is 1. The number of aryl methyl sites for hydroxylation is 3. The van der Waals surface area contributed by atoms with E-state index in [1.807, 2.05) is 48.4 Å². The maximum atomic E-state index is 12.6. The van der Waals surface area contributed by atoms with Gasteiger partial charge in [0.15, 0.2) is 12.4 Å². The van der Waals surface area contributed by atoms with Gasteiger partial charge in [-0.15, -0.1) is 21.5 Å². The molecule has 0 saturated carbocycles. The Labute approximate surface area is 181 Å². The first kappa shape index (κ1) is 20.3. The Hall–Kier alpha value is -2.93. The Balaban J connectivity index is 1.30. The van der Waals surface area contributed by atoms with Gasteiger partial charge in [-0.3, -0.25) is 4.79 Å². The van der Waals surface area contributed by atoms with Crippen molar-refractivity contribution in [2.24, 2.45) is 0 Å². The van der Waals surface area contributed by atoms with E-state index < -0.39 is 0 Å². The summed E-state index contributed by atoms with van der Waals surface area (Å²) in [5, 5.41) is 10.8. The van der Waals surface area contributed by atoms with Crippen LogP contribution in [0.3, 0.4) is 0 Å². The van der Waals surface area contributed by atoms with Crippen LogP contribution in [0.25, 0.3) is 10.6 Å². The van der Waals surface area contributed by atoms with Gasteiger partial charge >= 0.3 is 0 Å². The first-order chi connectivity index (χ1) is 14.5. The monoisotopic (exact) mass is 422 g/mol. The number of ether oxygens (including phenoxy) is 1. The number of nitrogens with zero attached hydrogens (tertiary/aromatic N) is 4. The second kappa shape index (κ2) is 8.83. The molecule has 0 N–H and O–H groups in total. The number of anilines is 1. The molecule has 4 rings (SSSR count). The first-order valence-electron chi connectivity index (χ1n) is 10.1. The van der Waals surface area contributed by atoms with Gasteiger partial charge < -0.3 is 14.5 Å². The number of carbonyl (C=O) groups excluding carboxylic acids is 1. The number of rotatable bonds is 5. The van der Waals surface area contributed by atoms with E-state index >= 15 is 0 Å². The van der Waals surface area contributed by atoms with E-state index in [1.54, 1.807) is 11.3 Å². The van der Waals surface area contributed by atoms with E-state index in [-0.39, 0.29) is 12.5 Å². The maximum absolute atomic E-state index is 12.6.